The van der Waals surface area contributed by atoms with Gasteiger partial charge in [0.1, 0.15) is 17.7 Å². The number of quaternary nitrogens is 1. The molecule has 0 heterocycles. The van der Waals surface area contributed by atoms with Crippen molar-refractivity contribution >= 4 is 23.2 Å². The molecule has 1 amide bonds. The van der Waals surface area contributed by atoms with Crippen molar-refractivity contribution in [2.75, 3.05) is 11.9 Å². The van der Waals surface area contributed by atoms with Crippen molar-refractivity contribution in [1.82, 2.24) is 0 Å². The number of anilines is 1. The largest absolute Gasteiger partial charge is 0.332 e. The Morgan fingerprint density at radius 3 is 2.70 bits per heavy atom. The van der Waals surface area contributed by atoms with E-state index in [2.05, 4.69) is 5.32 Å². The van der Waals surface area contributed by atoms with Crippen LogP contribution in [-0.2, 0) is 4.79 Å². The fourth-order valence-electron chi connectivity index (χ4n) is 2.21. The molecule has 0 saturated heterocycles. The molecule has 0 radical (unpaired) electrons. The molecule has 0 spiro atoms. The Hall–Kier alpha value is -1.98. The number of hydrogen-bond acceptors (Lipinski definition) is 1. The van der Waals surface area contributed by atoms with Crippen LogP contribution in [0.3, 0.4) is 0 Å². The molecule has 6 heteroatoms. The van der Waals surface area contributed by atoms with E-state index in [1.807, 2.05) is 13.0 Å². The van der Waals surface area contributed by atoms with Gasteiger partial charge in [0.25, 0.3) is 5.91 Å². The zero-order valence-electron chi connectivity index (χ0n) is 12.9. The number of benzene rings is 2. The van der Waals surface area contributed by atoms with Crippen molar-refractivity contribution in [1.29, 1.82) is 0 Å². The molecule has 0 aliphatic carbocycles. The third-order valence-corrected chi connectivity index (χ3v) is 3.82. The molecule has 2 rings (SSSR count). The van der Waals surface area contributed by atoms with E-state index in [0.717, 1.165) is 11.6 Å². The molecule has 0 unspecified atom stereocenters. The Labute approximate surface area is 138 Å². The van der Waals surface area contributed by atoms with Gasteiger partial charge in [-0.2, -0.15) is 0 Å². The van der Waals surface area contributed by atoms with Crippen molar-refractivity contribution < 1.29 is 18.9 Å². The number of carbonyl (C=O) groups excluding carboxylic acids is 1. The van der Waals surface area contributed by atoms with Gasteiger partial charge in [-0.1, -0.05) is 17.7 Å². The van der Waals surface area contributed by atoms with Gasteiger partial charge >= 0.3 is 0 Å². The second kappa shape index (κ2) is 7.53. The summed E-state index contributed by atoms with van der Waals surface area (Å²) in [7, 11) is 0. The number of halogens is 3. The molecule has 0 aromatic heterocycles. The van der Waals surface area contributed by atoms with Crippen LogP contribution in [0.25, 0.3) is 0 Å². The lowest BCUT2D eigenvalue weighted by atomic mass is 10.1. The highest BCUT2D eigenvalue weighted by molar-refractivity contribution is 6.31. The van der Waals surface area contributed by atoms with E-state index in [4.69, 9.17) is 11.6 Å². The van der Waals surface area contributed by atoms with E-state index in [0.29, 0.717) is 16.3 Å². The smallest absolute Gasteiger partial charge is 0.279 e. The predicted octanol–water partition coefficient (Wildman–Crippen LogP) is 3.19. The summed E-state index contributed by atoms with van der Waals surface area (Å²) in [5, 5.41) is 5.00. The first-order valence-electron chi connectivity index (χ1n) is 7.21. The van der Waals surface area contributed by atoms with Crippen LogP contribution in [0.2, 0.25) is 5.02 Å². The molecule has 0 aliphatic rings. The lowest BCUT2D eigenvalue weighted by Gasteiger charge is -2.13. The van der Waals surface area contributed by atoms with Crippen molar-refractivity contribution in [2.45, 2.75) is 19.9 Å². The van der Waals surface area contributed by atoms with Crippen molar-refractivity contribution in [3.8, 4) is 0 Å². The van der Waals surface area contributed by atoms with E-state index in [-0.39, 0.29) is 18.5 Å². The van der Waals surface area contributed by atoms with E-state index in [1.165, 1.54) is 12.1 Å². The molecular weight excluding hydrogens is 322 g/mol. The highest BCUT2D eigenvalue weighted by atomic mass is 35.5. The molecule has 122 valence electrons. The minimum atomic E-state index is -0.618. The molecule has 3 nitrogen and oxygen atoms in total. The highest BCUT2D eigenvalue weighted by Gasteiger charge is 2.16. The topological polar surface area (TPSA) is 45.7 Å². The molecule has 2 aromatic rings. The molecule has 1 atom stereocenters. The van der Waals surface area contributed by atoms with Gasteiger partial charge < -0.3 is 10.6 Å². The van der Waals surface area contributed by atoms with Crippen LogP contribution in [0.15, 0.2) is 36.4 Å². The van der Waals surface area contributed by atoms with Crippen LogP contribution < -0.4 is 10.6 Å². The summed E-state index contributed by atoms with van der Waals surface area (Å²) in [5.41, 5.74) is 1.91. The number of nitrogens with one attached hydrogen (secondary N) is 1. The van der Waals surface area contributed by atoms with Gasteiger partial charge in [0.15, 0.2) is 6.54 Å². The second-order valence-electron chi connectivity index (χ2n) is 5.40. The maximum atomic E-state index is 13.7. The molecule has 0 fully saturated rings. The maximum Gasteiger partial charge on any atom is 0.279 e. The van der Waals surface area contributed by atoms with Crippen molar-refractivity contribution in [2.24, 2.45) is 0 Å². The van der Waals surface area contributed by atoms with E-state index >= 15 is 0 Å². The van der Waals surface area contributed by atoms with E-state index in [9.17, 15) is 13.6 Å². The van der Waals surface area contributed by atoms with Crippen LogP contribution in [0.1, 0.15) is 24.1 Å². The number of aryl methyl sites for hydroxylation is 1. The number of nitrogens with two attached hydrogens (primary N) is 1. The quantitative estimate of drug-likeness (QED) is 0.863. The summed E-state index contributed by atoms with van der Waals surface area (Å²) in [6.07, 6.45) is 0. The number of carbonyl (C=O) groups is 1. The average Bonchev–Trinajstić information content (AvgIpc) is 2.48. The second-order valence-corrected chi connectivity index (χ2v) is 5.84. The Balaban J connectivity index is 1.94. The van der Waals surface area contributed by atoms with E-state index in [1.54, 1.807) is 24.4 Å². The standard InChI is InChI=1S/C17H17ClF2N2O/c1-10-3-4-12(18)7-16(10)22-17(23)9-21-11(2)14-6-5-13(19)8-15(14)20/h3-8,11,21H,9H2,1-2H3,(H,22,23)/p+1/t11-/m1/s1. The summed E-state index contributed by atoms with van der Waals surface area (Å²) in [6.45, 7) is 3.74. The Kier molecular flexibility index (Phi) is 5.69. The van der Waals surface area contributed by atoms with Crippen LogP contribution in [-0.4, -0.2) is 12.5 Å². The van der Waals surface area contributed by atoms with Crippen LogP contribution in [0.4, 0.5) is 14.5 Å². The predicted molar refractivity (Wildman–Crippen MR) is 86.4 cm³/mol. The van der Waals surface area contributed by atoms with Gasteiger partial charge in [-0.25, -0.2) is 8.78 Å². The molecule has 3 N–H and O–H groups in total. The fourth-order valence-corrected chi connectivity index (χ4v) is 2.38. The highest BCUT2D eigenvalue weighted by Crippen LogP contribution is 2.20. The van der Waals surface area contributed by atoms with Gasteiger partial charge in [-0.3, -0.25) is 4.79 Å². The first-order valence-corrected chi connectivity index (χ1v) is 7.59. The summed E-state index contributed by atoms with van der Waals surface area (Å²) in [4.78, 5) is 12.0. The SMILES string of the molecule is Cc1ccc(Cl)cc1NC(=O)C[NH2+][C@H](C)c1ccc(F)cc1F. The first kappa shape index (κ1) is 17.4. The molecular formula is C17H18ClF2N2O+. The van der Waals surface area contributed by atoms with Gasteiger partial charge in [-0.15, -0.1) is 0 Å². The Bertz CT molecular complexity index is 722. The van der Waals surface area contributed by atoms with Crippen LogP contribution in [0.5, 0.6) is 0 Å². The summed E-state index contributed by atoms with van der Waals surface area (Å²) >= 11 is 5.91. The van der Waals surface area contributed by atoms with Crippen molar-refractivity contribution in [3.05, 3.63) is 64.2 Å². The summed E-state index contributed by atoms with van der Waals surface area (Å²) in [6, 6.07) is 8.38. The van der Waals surface area contributed by atoms with Crippen LogP contribution >= 0.6 is 11.6 Å². The monoisotopic (exact) mass is 339 g/mol. The minimum Gasteiger partial charge on any atom is -0.332 e. The summed E-state index contributed by atoms with van der Waals surface area (Å²) in [5.74, 6) is -1.45. The number of rotatable bonds is 5. The van der Waals surface area contributed by atoms with Crippen molar-refractivity contribution in [3.63, 3.8) is 0 Å². The third-order valence-electron chi connectivity index (χ3n) is 3.58. The summed E-state index contributed by atoms with van der Waals surface area (Å²) < 4.78 is 26.6. The molecule has 23 heavy (non-hydrogen) atoms. The van der Waals surface area contributed by atoms with E-state index < -0.39 is 11.6 Å². The molecule has 2 aromatic carbocycles. The number of amides is 1. The minimum absolute atomic E-state index is 0.115. The third kappa shape index (κ3) is 4.74. The van der Waals surface area contributed by atoms with Crippen LogP contribution in [0, 0.1) is 18.6 Å². The lowest BCUT2D eigenvalue weighted by molar-refractivity contribution is -0.682. The Morgan fingerprint density at radius 1 is 1.26 bits per heavy atom. The van der Waals surface area contributed by atoms with Gasteiger partial charge in [0, 0.05) is 22.3 Å². The van der Waals surface area contributed by atoms with Gasteiger partial charge in [0.05, 0.1) is 0 Å². The maximum absolute atomic E-state index is 13.7. The molecule has 0 saturated carbocycles. The first-order chi connectivity index (χ1) is 10.9. The fraction of sp³-hybridized carbons (Fsp3) is 0.235. The zero-order valence-corrected chi connectivity index (χ0v) is 13.6. The van der Waals surface area contributed by atoms with Gasteiger partial charge in [0.2, 0.25) is 0 Å². The molecule has 0 aliphatic heterocycles. The van der Waals surface area contributed by atoms with Gasteiger partial charge in [-0.05, 0) is 43.7 Å². The lowest BCUT2D eigenvalue weighted by Crippen LogP contribution is -2.86. The average molecular weight is 340 g/mol. The Morgan fingerprint density at radius 2 is 2.00 bits per heavy atom. The number of hydrogen-bond donors (Lipinski definition) is 2. The zero-order chi connectivity index (χ0) is 17.0. The molecule has 0 bridgehead atoms. The normalized spacial score (nSPS) is 12.0.